The highest BCUT2D eigenvalue weighted by molar-refractivity contribution is 7.43. The van der Waals surface area contributed by atoms with Gasteiger partial charge >= 0.3 is 7.67 Å². The van der Waals surface area contributed by atoms with E-state index in [0.29, 0.717) is 0 Å². The van der Waals surface area contributed by atoms with Crippen LogP contribution in [0.25, 0.3) is 0 Å². The van der Waals surface area contributed by atoms with Gasteiger partial charge in [0.25, 0.3) is 0 Å². The molecule has 0 unspecified atom stereocenters. The molecule has 0 spiro atoms. The number of aromatic nitrogens is 2. The fraction of sp³-hybridized carbons (Fsp3) is 0.286. The van der Waals surface area contributed by atoms with Crippen molar-refractivity contribution in [3.05, 3.63) is 49.1 Å². The summed E-state index contributed by atoms with van der Waals surface area (Å²) < 4.78 is 15.3. The molecule has 0 saturated heterocycles. The molecule has 6 nitrogen and oxygen atoms in total. The van der Waals surface area contributed by atoms with Crippen LogP contribution in [0.3, 0.4) is 0 Å². The Bertz CT molecular complexity index is 598. The first-order valence-electron chi connectivity index (χ1n) is 6.54. The molecule has 0 fully saturated rings. The van der Waals surface area contributed by atoms with Crippen molar-refractivity contribution in [2.75, 3.05) is 38.0 Å². The molecule has 0 aliphatic heterocycles. The van der Waals surface area contributed by atoms with Gasteiger partial charge in [-0.3, -0.25) is 0 Å². The van der Waals surface area contributed by atoms with E-state index < -0.39 is 7.67 Å². The summed E-state index contributed by atoms with van der Waals surface area (Å²) in [5, 5.41) is 0. The molecule has 7 heteroatoms. The van der Waals surface area contributed by atoms with E-state index in [1.807, 2.05) is 38.0 Å². The summed E-state index contributed by atoms with van der Waals surface area (Å²) in [7, 11) is 3.99. The maximum absolute atomic E-state index is 12.6. The van der Waals surface area contributed by atoms with Gasteiger partial charge in [0, 0.05) is 63.8 Å². The summed E-state index contributed by atoms with van der Waals surface area (Å²) in [6.07, 6.45) is 6.46. The molecule has 0 aliphatic rings. The first-order chi connectivity index (χ1) is 9.82. The second-order valence-corrected chi connectivity index (χ2v) is 7.13. The Hall–Kier alpha value is -1.91. The van der Waals surface area contributed by atoms with Crippen LogP contribution in [-0.2, 0) is 4.57 Å². The van der Waals surface area contributed by atoms with Crippen LogP contribution < -0.4 is 18.5 Å². The minimum atomic E-state index is -3.70. The van der Waals surface area contributed by atoms with Gasteiger partial charge in [-0.25, -0.2) is 4.89 Å². The standard InChI is InChI=1S/C14H20N4O2P/c1-15(2)13-5-9-17(10-6-13)21(19,20)18-11-7-14(8-12-18)16(3)4/h5-12H,1-4H3/q+1/p+1. The van der Waals surface area contributed by atoms with E-state index in [4.69, 9.17) is 0 Å². The molecule has 112 valence electrons. The van der Waals surface area contributed by atoms with Crippen LogP contribution >= 0.6 is 7.67 Å². The molecule has 21 heavy (non-hydrogen) atoms. The van der Waals surface area contributed by atoms with E-state index in [1.54, 1.807) is 49.1 Å². The van der Waals surface area contributed by atoms with Crippen molar-refractivity contribution in [1.29, 1.82) is 0 Å². The summed E-state index contributed by atoms with van der Waals surface area (Å²) in [6.45, 7) is 0. The third kappa shape index (κ3) is 3.23. The SMILES string of the molecule is CN(C)c1cc[n+](P(=O)(O)[n+]2ccc(N(C)C)cc2)cc1. The van der Waals surface area contributed by atoms with E-state index in [-0.39, 0.29) is 0 Å². The highest BCUT2D eigenvalue weighted by atomic mass is 31.2. The Kier molecular flexibility index (Phi) is 4.30. The minimum Gasteiger partial charge on any atom is -0.377 e. The van der Waals surface area contributed by atoms with Gasteiger partial charge in [0.1, 0.15) is 0 Å². The molecular formula is C14H21N4O2P+2. The van der Waals surface area contributed by atoms with Gasteiger partial charge in [0.2, 0.25) is 0 Å². The smallest absolute Gasteiger partial charge is 0.377 e. The predicted octanol–water partition coefficient (Wildman–Crippen LogP) is 0.890. The highest BCUT2D eigenvalue weighted by Crippen LogP contribution is 2.28. The summed E-state index contributed by atoms with van der Waals surface area (Å²) in [4.78, 5) is 14.2. The third-order valence-corrected chi connectivity index (χ3v) is 4.96. The summed E-state index contributed by atoms with van der Waals surface area (Å²) in [5.74, 6) is 0. The van der Waals surface area contributed by atoms with E-state index in [0.717, 1.165) is 11.4 Å². The largest absolute Gasteiger partial charge is 0.738 e. The number of hydrogen-bond acceptors (Lipinski definition) is 3. The molecule has 0 radical (unpaired) electrons. The molecule has 0 aliphatic carbocycles. The van der Waals surface area contributed by atoms with Gasteiger partial charge in [-0.2, -0.15) is 4.57 Å². The van der Waals surface area contributed by atoms with Gasteiger partial charge in [-0.05, 0) is 0 Å². The van der Waals surface area contributed by atoms with Crippen molar-refractivity contribution in [2.24, 2.45) is 0 Å². The molecule has 0 aromatic carbocycles. The fourth-order valence-corrected chi connectivity index (χ4v) is 3.08. The number of pyridine rings is 2. The number of nitrogens with zero attached hydrogens (tertiary/aromatic N) is 4. The van der Waals surface area contributed by atoms with Gasteiger partial charge in [0.15, 0.2) is 24.8 Å². The molecule has 0 saturated carbocycles. The average Bonchev–Trinajstić information content (AvgIpc) is 2.47. The maximum Gasteiger partial charge on any atom is 0.738 e. The predicted molar refractivity (Wildman–Crippen MR) is 82.5 cm³/mol. The molecule has 2 aromatic rings. The fourth-order valence-electron chi connectivity index (χ4n) is 1.88. The lowest BCUT2D eigenvalue weighted by Gasteiger charge is -2.11. The van der Waals surface area contributed by atoms with Crippen LogP contribution in [-0.4, -0.2) is 33.1 Å². The zero-order chi connectivity index (χ0) is 15.6. The molecule has 0 atom stereocenters. The van der Waals surface area contributed by atoms with Crippen molar-refractivity contribution in [2.45, 2.75) is 0 Å². The molecule has 2 rings (SSSR count). The van der Waals surface area contributed by atoms with Gasteiger partial charge < -0.3 is 9.80 Å². The lowest BCUT2D eigenvalue weighted by atomic mass is 10.4. The van der Waals surface area contributed by atoms with Gasteiger partial charge in [-0.15, -0.1) is 0 Å². The van der Waals surface area contributed by atoms with Crippen molar-refractivity contribution < 1.29 is 18.1 Å². The van der Waals surface area contributed by atoms with Crippen molar-refractivity contribution in [3.8, 4) is 0 Å². The van der Waals surface area contributed by atoms with E-state index in [1.165, 1.54) is 8.68 Å². The second kappa shape index (κ2) is 5.84. The van der Waals surface area contributed by atoms with E-state index >= 15 is 0 Å². The van der Waals surface area contributed by atoms with E-state index in [9.17, 15) is 9.46 Å². The molecule has 2 aromatic heterocycles. The lowest BCUT2D eigenvalue weighted by molar-refractivity contribution is -0.654. The van der Waals surface area contributed by atoms with Crippen LogP contribution in [0.15, 0.2) is 49.1 Å². The Labute approximate surface area is 125 Å². The molecule has 0 bridgehead atoms. The van der Waals surface area contributed by atoms with Crippen LogP contribution in [0.1, 0.15) is 0 Å². The summed E-state index contributed by atoms with van der Waals surface area (Å²) >= 11 is 0. The van der Waals surface area contributed by atoms with Crippen LogP contribution in [0, 0.1) is 0 Å². The van der Waals surface area contributed by atoms with Crippen LogP contribution in [0.5, 0.6) is 0 Å². The Balaban J connectivity index is 2.34. The average molecular weight is 308 g/mol. The maximum atomic E-state index is 12.6. The number of anilines is 2. The quantitative estimate of drug-likeness (QED) is 0.853. The topological polar surface area (TPSA) is 51.5 Å². The molecular weight excluding hydrogens is 287 g/mol. The molecule has 1 N–H and O–H groups in total. The summed E-state index contributed by atoms with van der Waals surface area (Å²) in [5.41, 5.74) is 1.94. The Morgan fingerprint density at radius 1 is 0.810 bits per heavy atom. The van der Waals surface area contributed by atoms with Gasteiger partial charge in [-0.1, -0.05) is 8.68 Å². The number of rotatable bonds is 4. The normalized spacial score (nSPS) is 11.3. The van der Waals surface area contributed by atoms with Crippen molar-refractivity contribution in [3.63, 3.8) is 0 Å². The zero-order valence-corrected chi connectivity index (χ0v) is 13.6. The van der Waals surface area contributed by atoms with Crippen molar-refractivity contribution >= 4 is 19.0 Å². The molecule has 2 heterocycles. The second-order valence-electron chi connectivity index (χ2n) is 5.17. The van der Waals surface area contributed by atoms with E-state index in [2.05, 4.69) is 0 Å². The number of hydrogen-bond donors (Lipinski definition) is 1. The Morgan fingerprint density at radius 2 is 1.10 bits per heavy atom. The Morgan fingerprint density at radius 3 is 1.33 bits per heavy atom. The lowest BCUT2D eigenvalue weighted by Crippen LogP contribution is -2.46. The minimum absolute atomic E-state index is 0.971. The third-order valence-electron chi connectivity index (χ3n) is 3.23. The van der Waals surface area contributed by atoms with Gasteiger partial charge in [0.05, 0.1) is 0 Å². The highest BCUT2D eigenvalue weighted by Gasteiger charge is 2.43. The first-order valence-corrected chi connectivity index (χ1v) is 8.10. The summed E-state index contributed by atoms with van der Waals surface area (Å²) in [6, 6.07) is 7.21. The monoisotopic (exact) mass is 308 g/mol. The molecule has 0 amide bonds. The van der Waals surface area contributed by atoms with Crippen LogP contribution in [0.4, 0.5) is 11.4 Å². The van der Waals surface area contributed by atoms with Crippen molar-refractivity contribution in [1.82, 2.24) is 0 Å². The first kappa shape index (κ1) is 15.5. The van der Waals surface area contributed by atoms with Crippen LogP contribution in [0.2, 0.25) is 0 Å². The zero-order valence-electron chi connectivity index (χ0n) is 12.7.